The summed E-state index contributed by atoms with van der Waals surface area (Å²) in [4.78, 5) is 15.7. The summed E-state index contributed by atoms with van der Waals surface area (Å²) in [6.07, 6.45) is 1.30. The molecule has 0 radical (unpaired) electrons. The summed E-state index contributed by atoms with van der Waals surface area (Å²) >= 11 is 0.990. The van der Waals surface area contributed by atoms with Crippen LogP contribution >= 0.6 is 11.3 Å². The van der Waals surface area contributed by atoms with Crippen molar-refractivity contribution in [2.24, 2.45) is 0 Å². The quantitative estimate of drug-likeness (QED) is 0.855. The molecule has 0 spiro atoms. The van der Waals surface area contributed by atoms with Crippen molar-refractivity contribution in [2.45, 2.75) is 13.5 Å². The largest absolute Gasteiger partial charge is 0.375 e. The predicted octanol–water partition coefficient (Wildman–Crippen LogP) is 2.38. The number of benzene rings is 1. The van der Waals surface area contributed by atoms with Gasteiger partial charge in [0.25, 0.3) is 5.91 Å². The van der Waals surface area contributed by atoms with Crippen LogP contribution < -0.4 is 11.1 Å². The number of hydrogen-bond acceptors (Lipinski definition) is 4. The Kier molecular flexibility index (Phi) is 3.93. The van der Waals surface area contributed by atoms with Crippen molar-refractivity contribution in [3.8, 4) is 0 Å². The number of aromatic nitrogens is 1. The van der Waals surface area contributed by atoms with Gasteiger partial charge in [-0.05, 0) is 24.1 Å². The van der Waals surface area contributed by atoms with Crippen LogP contribution in [0.4, 0.5) is 18.3 Å². The summed E-state index contributed by atoms with van der Waals surface area (Å²) < 4.78 is 39.4. The third-order valence-electron chi connectivity index (χ3n) is 2.70. The van der Waals surface area contributed by atoms with Gasteiger partial charge in [0.15, 0.2) is 22.6 Å². The van der Waals surface area contributed by atoms with Crippen molar-refractivity contribution in [3.63, 3.8) is 0 Å². The van der Waals surface area contributed by atoms with E-state index in [1.165, 1.54) is 13.1 Å². The van der Waals surface area contributed by atoms with Crippen molar-refractivity contribution in [1.82, 2.24) is 10.3 Å². The molecular formula is C12H10F3N3OS. The van der Waals surface area contributed by atoms with Crippen LogP contribution in [0.5, 0.6) is 0 Å². The summed E-state index contributed by atoms with van der Waals surface area (Å²) in [5.41, 5.74) is 5.50. The second-order valence-electron chi connectivity index (χ2n) is 4.02. The first-order valence-electron chi connectivity index (χ1n) is 5.52. The number of anilines is 1. The number of carbonyl (C=O) groups excluding carboxylic acids is 1. The Labute approximate surface area is 116 Å². The summed E-state index contributed by atoms with van der Waals surface area (Å²) in [6.45, 7) is 1.18. The Balaban J connectivity index is 2.14. The molecule has 106 valence electrons. The highest BCUT2D eigenvalue weighted by Gasteiger charge is 2.16. The summed E-state index contributed by atoms with van der Waals surface area (Å²) in [7, 11) is 0. The lowest BCUT2D eigenvalue weighted by Gasteiger charge is -2.09. The maximum Gasteiger partial charge on any atom is 0.263 e. The number of carbonyl (C=O) groups is 1. The minimum atomic E-state index is -1.52. The topological polar surface area (TPSA) is 68.0 Å². The fourth-order valence-corrected chi connectivity index (χ4v) is 2.17. The van der Waals surface area contributed by atoms with Gasteiger partial charge in [-0.25, -0.2) is 18.2 Å². The SMILES string of the molecule is Cc1c(CNC(=O)c2cnc(N)s2)cc(F)c(F)c1F. The molecule has 0 saturated heterocycles. The molecule has 20 heavy (non-hydrogen) atoms. The van der Waals surface area contributed by atoms with Gasteiger partial charge in [0, 0.05) is 6.54 Å². The molecule has 0 aliphatic rings. The van der Waals surface area contributed by atoms with E-state index in [0.29, 0.717) is 0 Å². The number of nitrogens with two attached hydrogens (primary N) is 1. The molecule has 8 heteroatoms. The molecule has 2 rings (SSSR count). The minimum Gasteiger partial charge on any atom is -0.375 e. The number of rotatable bonds is 3. The summed E-state index contributed by atoms with van der Waals surface area (Å²) in [5, 5.41) is 2.70. The highest BCUT2D eigenvalue weighted by atomic mass is 32.1. The average Bonchev–Trinajstić information content (AvgIpc) is 2.85. The van der Waals surface area contributed by atoms with E-state index in [1.807, 2.05) is 0 Å². The van der Waals surface area contributed by atoms with Gasteiger partial charge in [-0.15, -0.1) is 0 Å². The first kappa shape index (κ1) is 14.3. The van der Waals surface area contributed by atoms with Crippen molar-refractivity contribution >= 4 is 22.4 Å². The average molecular weight is 301 g/mol. The monoisotopic (exact) mass is 301 g/mol. The van der Waals surface area contributed by atoms with Crippen molar-refractivity contribution in [3.05, 3.63) is 45.7 Å². The van der Waals surface area contributed by atoms with E-state index < -0.39 is 23.4 Å². The third-order valence-corrected chi connectivity index (χ3v) is 3.53. The zero-order valence-electron chi connectivity index (χ0n) is 10.3. The first-order valence-corrected chi connectivity index (χ1v) is 6.34. The second-order valence-corrected chi connectivity index (χ2v) is 5.08. The standard InChI is InChI=1S/C12H10F3N3OS/c1-5-6(2-7(13)10(15)9(5)14)3-17-11(19)8-4-18-12(16)20-8/h2,4H,3H2,1H3,(H2,16,18)(H,17,19). The lowest BCUT2D eigenvalue weighted by molar-refractivity contribution is 0.0954. The van der Waals surface area contributed by atoms with Crippen LogP contribution in [0.15, 0.2) is 12.3 Å². The fourth-order valence-electron chi connectivity index (χ4n) is 1.57. The Bertz CT molecular complexity index is 672. The first-order chi connectivity index (χ1) is 9.40. The zero-order valence-corrected chi connectivity index (χ0v) is 11.2. The third kappa shape index (κ3) is 2.74. The number of hydrogen-bond donors (Lipinski definition) is 2. The van der Waals surface area contributed by atoms with E-state index in [-0.39, 0.29) is 27.7 Å². The van der Waals surface area contributed by atoms with E-state index in [1.54, 1.807) is 0 Å². The van der Waals surface area contributed by atoms with Gasteiger partial charge in [0.2, 0.25) is 0 Å². The lowest BCUT2D eigenvalue weighted by Crippen LogP contribution is -2.22. The fraction of sp³-hybridized carbons (Fsp3) is 0.167. The number of nitrogens with one attached hydrogen (secondary N) is 1. The van der Waals surface area contributed by atoms with E-state index in [0.717, 1.165) is 17.4 Å². The number of halogens is 3. The Hall–Kier alpha value is -2.09. The van der Waals surface area contributed by atoms with Crippen LogP contribution in [0.2, 0.25) is 0 Å². The number of amides is 1. The molecule has 2 aromatic rings. The second kappa shape index (κ2) is 5.49. The molecule has 3 N–H and O–H groups in total. The van der Waals surface area contributed by atoms with Gasteiger partial charge in [-0.1, -0.05) is 11.3 Å². The highest BCUT2D eigenvalue weighted by Crippen LogP contribution is 2.20. The smallest absolute Gasteiger partial charge is 0.263 e. The maximum atomic E-state index is 13.4. The Morgan fingerprint density at radius 1 is 1.40 bits per heavy atom. The molecule has 1 heterocycles. The summed E-state index contributed by atoms with van der Waals surface area (Å²) in [5.74, 6) is -4.53. The van der Waals surface area contributed by atoms with E-state index in [9.17, 15) is 18.0 Å². The number of nitrogens with zero attached hydrogens (tertiary/aromatic N) is 1. The van der Waals surface area contributed by atoms with Crippen LogP contribution in [0.3, 0.4) is 0 Å². The Morgan fingerprint density at radius 3 is 2.70 bits per heavy atom. The van der Waals surface area contributed by atoms with Gasteiger partial charge < -0.3 is 11.1 Å². The van der Waals surface area contributed by atoms with Crippen LogP contribution in [0, 0.1) is 24.4 Å². The maximum absolute atomic E-state index is 13.4. The van der Waals surface area contributed by atoms with Gasteiger partial charge in [-0.2, -0.15) is 0 Å². The molecule has 0 unspecified atom stereocenters. The predicted molar refractivity (Wildman–Crippen MR) is 68.7 cm³/mol. The van der Waals surface area contributed by atoms with E-state index in [4.69, 9.17) is 5.73 Å². The minimum absolute atomic E-state index is 0.0481. The number of nitrogen functional groups attached to an aromatic ring is 1. The molecule has 0 atom stereocenters. The zero-order chi connectivity index (χ0) is 14.9. The lowest BCUT2D eigenvalue weighted by atomic mass is 10.1. The molecule has 1 aromatic carbocycles. The van der Waals surface area contributed by atoms with Crippen LogP contribution in [-0.4, -0.2) is 10.9 Å². The van der Waals surface area contributed by atoms with Gasteiger partial charge in [0.05, 0.1) is 6.20 Å². The molecule has 1 amide bonds. The molecule has 0 bridgehead atoms. The van der Waals surface area contributed by atoms with Crippen molar-refractivity contribution in [1.29, 1.82) is 0 Å². The molecule has 0 saturated carbocycles. The summed E-state index contributed by atoms with van der Waals surface area (Å²) in [6, 6.07) is 0.856. The van der Waals surface area contributed by atoms with Crippen LogP contribution in [0.25, 0.3) is 0 Å². The molecule has 4 nitrogen and oxygen atoms in total. The van der Waals surface area contributed by atoms with E-state index in [2.05, 4.69) is 10.3 Å². The van der Waals surface area contributed by atoms with Crippen LogP contribution in [-0.2, 0) is 6.54 Å². The van der Waals surface area contributed by atoms with Gasteiger partial charge >= 0.3 is 0 Å². The normalized spacial score (nSPS) is 10.6. The van der Waals surface area contributed by atoms with Crippen LogP contribution in [0.1, 0.15) is 20.8 Å². The molecule has 0 aliphatic carbocycles. The van der Waals surface area contributed by atoms with Crippen molar-refractivity contribution < 1.29 is 18.0 Å². The molecule has 0 aliphatic heterocycles. The molecule has 1 aromatic heterocycles. The molecule has 0 fully saturated rings. The van der Waals surface area contributed by atoms with Gasteiger partial charge in [-0.3, -0.25) is 4.79 Å². The van der Waals surface area contributed by atoms with Gasteiger partial charge in [0.1, 0.15) is 4.88 Å². The van der Waals surface area contributed by atoms with Crippen molar-refractivity contribution in [2.75, 3.05) is 5.73 Å². The van der Waals surface area contributed by atoms with E-state index >= 15 is 0 Å². The molecular weight excluding hydrogens is 291 g/mol. The number of thiazole rings is 1. The highest BCUT2D eigenvalue weighted by molar-refractivity contribution is 7.17. The Morgan fingerprint density at radius 2 is 2.10 bits per heavy atom.